The molecule has 3 rings (SSSR count). The summed E-state index contributed by atoms with van der Waals surface area (Å²) < 4.78 is 25.2. The SMILES string of the molecule is Fc1ccc([N+]2(c3ccc(F)cc3)CCNC2C(Cl)(Cl)Cl)cc1. The van der Waals surface area contributed by atoms with Gasteiger partial charge in [0.15, 0.2) is 0 Å². The van der Waals surface area contributed by atoms with E-state index in [2.05, 4.69) is 5.32 Å². The Morgan fingerprint density at radius 3 is 1.70 bits per heavy atom. The number of nitrogens with zero attached hydrogens (tertiary/aromatic N) is 1. The van der Waals surface area contributed by atoms with Gasteiger partial charge >= 0.3 is 0 Å². The van der Waals surface area contributed by atoms with Crippen LogP contribution in [-0.2, 0) is 0 Å². The zero-order chi connectivity index (χ0) is 16.7. The molecular weight excluding hydrogens is 365 g/mol. The molecule has 0 saturated carbocycles. The van der Waals surface area contributed by atoms with E-state index in [0.29, 0.717) is 13.1 Å². The average Bonchev–Trinajstić information content (AvgIpc) is 2.95. The Labute approximate surface area is 148 Å². The van der Waals surface area contributed by atoms with E-state index in [0.717, 1.165) is 11.4 Å². The molecular formula is C16H14Cl3F2N2+. The summed E-state index contributed by atoms with van der Waals surface area (Å²) in [4.78, 5) is 0. The van der Waals surface area contributed by atoms with E-state index in [1.165, 1.54) is 24.3 Å². The number of hydrogen-bond acceptors (Lipinski definition) is 1. The molecule has 0 spiro atoms. The van der Waals surface area contributed by atoms with Gasteiger partial charge in [0.05, 0.1) is 6.54 Å². The first-order valence-electron chi connectivity index (χ1n) is 7.04. The van der Waals surface area contributed by atoms with Crippen molar-refractivity contribution in [3.63, 3.8) is 0 Å². The number of halogens is 5. The summed E-state index contributed by atoms with van der Waals surface area (Å²) in [7, 11) is 0. The van der Waals surface area contributed by atoms with Gasteiger partial charge in [0, 0.05) is 24.3 Å². The third-order valence-corrected chi connectivity index (χ3v) is 4.75. The van der Waals surface area contributed by atoms with Crippen molar-refractivity contribution in [2.75, 3.05) is 13.1 Å². The molecule has 0 aromatic heterocycles. The predicted octanol–water partition coefficient (Wildman–Crippen LogP) is 4.90. The van der Waals surface area contributed by atoms with Gasteiger partial charge in [-0.2, -0.15) is 0 Å². The molecule has 1 aliphatic rings. The average molecular weight is 379 g/mol. The van der Waals surface area contributed by atoms with Gasteiger partial charge in [-0.25, -0.2) is 13.3 Å². The fraction of sp³-hybridized carbons (Fsp3) is 0.250. The van der Waals surface area contributed by atoms with Gasteiger partial charge in [0.1, 0.15) is 29.6 Å². The molecule has 7 heteroatoms. The van der Waals surface area contributed by atoms with Crippen molar-refractivity contribution in [3.8, 4) is 0 Å². The van der Waals surface area contributed by atoms with Crippen molar-refractivity contribution in [2.24, 2.45) is 0 Å². The Kier molecular flexibility index (Phi) is 4.55. The van der Waals surface area contributed by atoms with Gasteiger partial charge in [-0.3, -0.25) is 5.32 Å². The zero-order valence-electron chi connectivity index (χ0n) is 11.9. The molecule has 0 amide bonds. The van der Waals surface area contributed by atoms with Crippen molar-refractivity contribution in [1.29, 1.82) is 0 Å². The van der Waals surface area contributed by atoms with E-state index in [1.54, 1.807) is 24.3 Å². The van der Waals surface area contributed by atoms with Crippen LogP contribution in [0.1, 0.15) is 0 Å². The third-order valence-electron chi connectivity index (χ3n) is 4.13. The van der Waals surface area contributed by atoms with Crippen molar-refractivity contribution >= 4 is 46.2 Å². The molecule has 0 radical (unpaired) electrons. The van der Waals surface area contributed by atoms with Gasteiger partial charge < -0.3 is 0 Å². The highest BCUT2D eigenvalue weighted by Crippen LogP contribution is 2.46. The van der Waals surface area contributed by atoms with Crippen LogP contribution in [0.3, 0.4) is 0 Å². The van der Waals surface area contributed by atoms with Crippen LogP contribution in [0.25, 0.3) is 0 Å². The lowest BCUT2D eigenvalue weighted by Crippen LogP contribution is -2.58. The molecule has 2 aromatic rings. The second-order valence-corrected chi connectivity index (χ2v) is 7.81. The van der Waals surface area contributed by atoms with E-state index in [4.69, 9.17) is 34.8 Å². The number of alkyl halides is 3. The van der Waals surface area contributed by atoms with Crippen LogP contribution in [-0.4, -0.2) is 23.0 Å². The number of hydrogen-bond donors (Lipinski definition) is 1. The fourth-order valence-electron chi connectivity index (χ4n) is 3.15. The maximum atomic E-state index is 13.3. The van der Waals surface area contributed by atoms with Gasteiger partial charge in [0.2, 0.25) is 6.17 Å². The Bertz CT molecular complexity index is 638. The van der Waals surface area contributed by atoms with Gasteiger partial charge in [-0.05, 0) is 24.3 Å². The molecule has 1 atom stereocenters. The Hall–Kier alpha value is -0.910. The summed E-state index contributed by atoms with van der Waals surface area (Å²) in [5, 5.41) is 3.20. The summed E-state index contributed by atoms with van der Waals surface area (Å²) in [6.07, 6.45) is -0.580. The van der Waals surface area contributed by atoms with Crippen LogP contribution in [0.2, 0.25) is 0 Å². The Morgan fingerprint density at radius 2 is 1.30 bits per heavy atom. The number of quaternary nitrogens is 1. The summed E-state index contributed by atoms with van der Waals surface area (Å²) in [6, 6.07) is 12.1. The standard InChI is InChI=1S/C16H14Cl3F2N2/c17-16(18,19)15-22-9-10-23(15,13-5-1-11(20)2-6-13)14-7-3-12(21)4-8-14/h1-8,15,22H,9-10H2/q+1. The monoisotopic (exact) mass is 377 g/mol. The quantitative estimate of drug-likeness (QED) is 0.579. The summed E-state index contributed by atoms with van der Waals surface area (Å²) in [6.45, 7) is 1.20. The van der Waals surface area contributed by atoms with E-state index in [1.807, 2.05) is 0 Å². The second kappa shape index (κ2) is 6.19. The lowest BCUT2D eigenvalue weighted by atomic mass is 10.1. The molecule has 23 heavy (non-hydrogen) atoms. The molecule has 2 aromatic carbocycles. The predicted molar refractivity (Wildman–Crippen MR) is 91.2 cm³/mol. The normalized spacial score (nSPS) is 20.7. The fourth-order valence-corrected chi connectivity index (χ4v) is 3.88. The second-order valence-electron chi connectivity index (χ2n) is 5.44. The van der Waals surface area contributed by atoms with E-state index in [-0.39, 0.29) is 16.1 Å². The van der Waals surface area contributed by atoms with Crippen molar-refractivity contribution < 1.29 is 8.78 Å². The highest BCUT2D eigenvalue weighted by atomic mass is 35.6. The molecule has 1 N–H and O–H groups in total. The molecule has 1 fully saturated rings. The number of benzene rings is 2. The first kappa shape index (κ1) is 16.9. The van der Waals surface area contributed by atoms with E-state index >= 15 is 0 Å². The van der Waals surface area contributed by atoms with Crippen LogP contribution in [0, 0.1) is 11.6 Å². The Balaban J connectivity index is 2.21. The maximum absolute atomic E-state index is 13.3. The smallest absolute Gasteiger partial charge is 0.257 e. The van der Waals surface area contributed by atoms with E-state index < -0.39 is 9.96 Å². The minimum atomic E-state index is -1.60. The first-order chi connectivity index (χ1) is 10.8. The number of nitrogens with one attached hydrogen (secondary N) is 1. The molecule has 122 valence electrons. The molecule has 2 nitrogen and oxygen atoms in total. The maximum Gasteiger partial charge on any atom is 0.257 e. The summed E-state index contributed by atoms with van der Waals surface area (Å²) in [5.41, 5.74) is 1.53. The third kappa shape index (κ3) is 3.06. The van der Waals surface area contributed by atoms with Crippen LogP contribution < -0.4 is 9.80 Å². The largest absolute Gasteiger partial charge is 0.258 e. The minimum absolute atomic E-state index is 0.164. The molecule has 1 unspecified atom stereocenters. The van der Waals surface area contributed by atoms with Crippen molar-refractivity contribution in [2.45, 2.75) is 9.96 Å². The first-order valence-corrected chi connectivity index (χ1v) is 8.17. The van der Waals surface area contributed by atoms with Crippen molar-refractivity contribution in [1.82, 2.24) is 9.80 Å². The zero-order valence-corrected chi connectivity index (χ0v) is 14.2. The summed E-state index contributed by atoms with van der Waals surface area (Å²) >= 11 is 18.6. The van der Waals surface area contributed by atoms with Gasteiger partial charge in [-0.15, -0.1) is 0 Å². The van der Waals surface area contributed by atoms with Crippen LogP contribution in [0.4, 0.5) is 20.2 Å². The highest BCUT2D eigenvalue weighted by molar-refractivity contribution is 6.68. The van der Waals surface area contributed by atoms with Crippen LogP contribution in [0.5, 0.6) is 0 Å². The molecule has 0 aliphatic carbocycles. The van der Waals surface area contributed by atoms with Gasteiger partial charge in [-0.1, -0.05) is 34.8 Å². The van der Waals surface area contributed by atoms with Crippen molar-refractivity contribution in [3.05, 3.63) is 60.2 Å². The molecule has 1 saturated heterocycles. The molecule has 1 aliphatic heterocycles. The molecule has 0 bridgehead atoms. The topological polar surface area (TPSA) is 12.0 Å². The van der Waals surface area contributed by atoms with Crippen LogP contribution >= 0.6 is 34.8 Å². The highest BCUT2D eigenvalue weighted by Gasteiger charge is 2.55. The molecule has 1 heterocycles. The Morgan fingerprint density at radius 1 is 0.870 bits per heavy atom. The van der Waals surface area contributed by atoms with Crippen LogP contribution in [0.15, 0.2) is 48.5 Å². The minimum Gasteiger partial charge on any atom is -0.258 e. The lowest BCUT2D eigenvalue weighted by Gasteiger charge is -2.41. The van der Waals surface area contributed by atoms with E-state index in [9.17, 15) is 8.78 Å². The summed E-state index contributed by atoms with van der Waals surface area (Å²) in [5.74, 6) is -0.688. The number of rotatable bonds is 2. The lowest BCUT2D eigenvalue weighted by molar-refractivity contribution is 0.339. The van der Waals surface area contributed by atoms with Gasteiger partial charge in [0.25, 0.3) is 3.79 Å².